The molecular weight excluding hydrogens is 232 g/mol. The second kappa shape index (κ2) is 6.04. The van der Waals surface area contributed by atoms with Crippen LogP contribution in [-0.4, -0.2) is 6.54 Å². The van der Waals surface area contributed by atoms with Crippen molar-refractivity contribution in [2.45, 2.75) is 26.7 Å². The lowest BCUT2D eigenvalue weighted by atomic mass is 10.1. The van der Waals surface area contributed by atoms with Gasteiger partial charge in [-0.2, -0.15) is 0 Å². The van der Waals surface area contributed by atoms with Gasteiger partial charge in [-0.05, 0) is 18.4 Å². The SMILES string of the molecule is CCCC(C)CNc1c(F)cc(F)cc1Cl. The Morgan fingerprint density at radius 2 is 2.06 bits per heavy atom. The summed E-state index contributed by atoms with van der Waals surface area (Å²) >= 11 is 5.75. The van der Waals surface area contributed by atoms with Gasteiger partial charge >= 0.3 is 0 Å². The van der Waals surface area contributed by atoms with Gasteiger partial charge in [0.25, 0.3) is 0 Å². The molecule has 0 heterocycles. The molecule has 0 radical (unpaired) electrons. The molecule has 0 bridgehead atoms. The third kappa shape index (κ3) is 3.63. The highest BCUT2D eigenvalue weighted by Gasteiger charge is 2.10. The second-order valence-electron chi connectivity index (χ2n) is 4.02. The van der Waals surface area contributed by atoms with Gasteiger partial charge in [0.15, 0.2) is 5.82 Å². The summed E-state index contributed by atoms with van der Waals surface area (Å²) < 4.78 is 26.1. The minimum absolute atomic E-state index is 0.0844. The fourth-order valence-corrected chi connectivity index (χ4v) is 1.84. The van der Waals surface area contributed by atoms with Crippen molar-refractivity contribution in [3.8, 4) is 0 Å². The monoisotopic (exact) mass is 247 g/mol. The highest BCUT2D eigenvalue weighted by molar-refractivity contribution is 6.33. The number of hydrogen-bond donors (Lipinski definition) is 1. The van der Waals surface area contributed by atoms with Crippen molar-refractivity contribution in [3.63, 3.8) is 0 Å². The Morgan fingerprint density at radius 3 is 2.62 bits per heavy atom. The van der Waals surface area contributed by atoms with E-state index in [1.165, 1.54) is 0 Å². The Bertz CT molecular complexity index is 332. The standard InChI is InChI=1S/C12H16ClF2N/c1-3-4-8(2)7-16-12-10(13)5-9(14)6-11(12)15/h5-6,8,16H,3-4,7H2,1-2H3. The van der Waals surface area contributed by atoms with E-state index in [0.717, 1.165) is 25.0 Å². The molecule has 16 heavy (non-hydrogen) atoms. The maximum Gasteiger partial charge on any atom is 0.150 e. The molecule has 0 aliphatic heterocycles. The molecule has 0 fully saturated rings. The summed E-state index contributed by atoms with van der Waals surface area (Å²) in [4.78, 5) is 0. The van der Waals surface area contributed by atoms with Crippen molar-refractivity contribution >= 4 is 17.3 Å². The number of benzene rings is 1. The molecule has 0 saturated carbocycles. The van der Waals surface area contributed by atoms with Crippen molar-refractivity contribution in [1.82, 2.24) is 0 Å². The molecular formula is C12H16ClF2N. The van der Waals surface area contributed by atoms with Gasteiger partial charge < -0.3 is 5.32 Å². The van der Waals surface area contributed by atoms with Crippen molar-refractivity contribution < 1.29 is 8.78 Å². The van der Waals surface area contributed by atoms with E-state index in [0.29, 0.717) is 12.5 Å². The van der Waals surface area contributed by atoms with E-state index in [2.05, 4.69) is 19.2 Å². The van der Waals surface area contributed by atoms with Gasteiger partial charge in [0.2, 0.25) is 0 Å². The maximum atomic E-state index is 13.4. The van der Waals surface area contributed by atoms with Gasteiger partial charge in [-0.1, -0.05) is 31.9 Å². The Labute approximate surface area is 99.8 Å². The molecule has 0 spiro atoms. The van der Waals surface area contributed by atoms with Crippen LogP contribution in [-0.2, 0) is 0 Å². The Hall–Kier alpha value is -0.830. The number of anilines is 1. The molecule has 1 aromatic carbocycles. The molecule has 1 nitrogen and oxygen atoms in total. The van der Waals surface area contributed by atoms with Crippen LogP contribution >= 0.6 is 11.6 Å². The van der Waals surface area contributed by atoms with Crippen LogP contribution in [0, 0.1) is 17.6 Å². The van der Waals surface area contributed by atoms with E-state index in [9.17, 15) is 8.78 Å². The van der Waals surface area contributed by atoms with Crippen LogP contribution in [0.1, 0.15) is 26.7 Å². The van der Waals surface area contributed by atoms with Gasteiger partial charge in [-0.3, -0.25) is 0 Å². The zero-order valence-corrected chi connectivity index (χ0v) is 10.2. The van der Waals surface area contributed by atoms with E-state index in [1.54, 1.807) is 0 Å². The predicted molar refractivity (Wildman–Crippen MR) is 63.9 cm³/mol. The van der Waals surface area contributed by atoms with Crippen molar-refractivity contribution in [1.29, 1.82) is 0 Å². The van der Waals surface area contributed by atoms with E-state index in [1.807, 2.05) is 0 Å². The number of halogens is 3. The number of rotatable bonds is 5. The van der Waals surface area contributed by atoms with Crippen molar-refractivity contribution in [2.75, 3.05) is 11.9 Å². The lowest BCUT2D eigenvalue weighted by Crippen LogP contribution is -2.12. The molecule has 1 atom stereocenters. The second-order valence-corrected chi connectivity index (χ2v) is 4.43. The van der Waals surface area contributed by atoms with Crippen molar-refractivity contribution in [2.24, 2.45) is 5.92 Å². The average molecular weight is 248 g/mol. The summed E-state index contributed by atoms with van der Waals surface area (Å²) in [6, 6.07) is 1.94. The van der Waals surface area contributed by atoms with Crippen LogP contribution in [0.5, 0.6) is 0 Å². The molecule has 0 aliphatic rings. The largest absolute Gasteiger partial charge is 0.381 e. The van der Waals surface area contributed by atoms with E-state index < -0.39 is 11.6 Å². The van der Waals surface area contributed by atoms with Gasteiger partial charge in [-0.15, -0.1) is 0 Å². The zero-order valence-electron chi connectivity index (χ0n) is 9.49. The summed E-state index contributed by atoms with van der Waals surface area (Å²) in [6.07, 6.45) is 2.15. The summed E-state index contributed by atoms with van der Waals surface area (Å²) in [7, 11) is 0. The first-order chi connectivity index (χ1) is 7.54. The Kier molecular flexibility index (Phi) is 5.00. The molecule has 0 saturated heterocycles. The minimum atomic E-state index is -0.658. The van der Waals surface area contributed by atoms with E-state index >= 15 is 0 Å². The van der Waals surface area contributed by atoms with Crippen LogP contribution in [0.4, 0.5) is 14.5 Å². The first kappa shape index (κ1) is 13.2. The van der Waals surface area contributed by atoms with Gasteiger partial charge in [0.1, 0.15) is 5.82 Å². The molecule has 1 unspecified atom stereocenters. The third-order valence-corrected chi connectivity index (χ3v) is 2.71. The fraction of sp³-hybridized carbons (Fsp3) is 0.500. The van der Waals surface area contributed by atoms with Crippen LogP contribution in [0.3, 0.4) is 0 Å². The van der Waals surface area contributed by atoms with Crippen molar-refractivity contribution in [3.05, 3.63) is 28.8 Å². The fourth-order valence-electron chi connectivity index (χ4n) is 1.58. The van der Waals surface area contributed by atoms with Crippen LogP contribution in [0.15, 0.2) is 12.1 Å². The minimum Gasteiger partial charge on any atom is -0.381 e. The molecule has 0 aromatic heterocycles. The average Bonchev–Trinajstić information content (AvgIpc) is 2.16. The van der Waals surface area contributed by atoms with Crippen LogP contribution < -0.4 is 5.32 Å². The summed E-state index contributed by atoms with van der Waals surface area (Å²) in [5.74, 6) is -0.867. The molecule has 1 aromatic rings. The van der Waals surface area contributed by atoms with Gasteiger partial charge in [0, 0.05) is 12.6 Å². The molecule has 0 aliphatic carbocycles. The quantitative estimate of drug-likeness (QED) is 0.810. The smallest absolute Gasteiger partial charge is 0.150 e. The number of nitrogens with one attached hydrogen (secondary N) is 1. The first-order valence-electron chi connectivity index (χ1n) is 5.43. The molecule has 1 N–H and O–H groups in total. The van der Waals surface area contributed by atoms with Crippen LogP contribution in [0.25, 0.3) is 0 Å². The lowest BCUT2D eigenvalue weighted by molar-refractivity contribution is 0.545. The molecule has 0 amide bonds. The first-order valence-corrected chi connectivity index (χ1v) is 5.80. The number of hydrogen-bond acceptors (Lipinski definition) is 1. The van der Waals surface area contributed by atoms with E-state index in [-0.39, 0.29) is 10.7 Å². The summed E-state index contributed by atoms with van der Waals surface area (Å²) in [6.45, 7) is 4.81. The van der Waals surface area contributed by atoms with Gasteiger partial charge in [-0.25, -0.2) is 8.78 Å². The molecule has 90 valence electrons. The summed E-state index contributed by atoms with van der Waals surface area (Å²) in [5, 5.41) is 3.00. The lowest BCUT2D eigenvalue weighted by Gasteiger charge is -2.14. The highest BCUT2D eigenvalue weighted by Crippen LogP contribution is 2.26. The van der Waals surface area contributed by atoms with E-state index in [4.69, 9.17) is 11.6 Å². The highest BCUT2D eigenvalue weighted by atomic mass is 35.5. The predicted octanol–water partition coefficient (Wildman–Crippen LogP) is 4.47. The molecule has 4 heteroatoms. The summed E-state index contributed by atoms with van der Waals surface area (Å²) in [5.41, 5.74) is 0.186. The third-order valence-electron chi connectivity index (χ3n) is 2.42. The normalized spacial score (nSPS) is 12.6. The Balaban J connectivity index is 2.67. The zero-order chi connectivity index (χ0) is 12.1. The maximum absolute atomic E-state index is 13.4. The Morgan fingerprint density at radius 1 is 1.38 bits per heavy atom. The van der Waals surface area contributed by atoms with Crippen LogP contribution in [0.2, 0.25) is 5.02 Å². The van der Waals surface area contributed by atoms with Gasteiger partial charge in [0.05, 0.1) is 10.7 Å². The molecule has 1 rings (SSSR count). The topological polar surface area (TPSA) is 12.0 Å².